The third-order valence-electron chi connectivity index (χ3n) is 5.76. The van der Waals surface area contributed by atoms with Crippen molar-refractivity contribution in [2.45, 2.75) is 64.0 Å². The zero-order valence-electron chi connectivity index (χ0n) is 13.9. The van der Waals surface area contributed by atoms with E-state index in [4.69, 9.17) is 0 Å². The molecule has 3 rings (SSSR count). The van der Waals surface area contributed by atoms with E-state index in [9.17, 15) is 4.79 Å². The number of amides is 1. The molecule has 2 atom stereocenters. The van der Waals surface area contributed by atoms with Crippen molar-refractivity contribution in [1.29, 1.82) is 0 Å². The highest BCUT2D eigenvalue weighted by atomic mass is 35.5. The summed E-state index contributed by atoms with van der Waals surface area (Å²) in [7, 11) is 0. The molecule has 0 spiro atoms. The molecule has 0 saturated carbocycles. The van der Waals surface area contributed by atoms with Crippen molar-refractivity contribution >= 4 is 18.3 Å². The number of halogens is 1. The van der Waals surface area contributed by atoms with Crippen LogP contribution in [0.3, 0.4) is 0 Å². The number of nitrogens with zero attached hydrogens (tertiary/aromatic N) is 2. The summed E-state index contributed by atoms with van der Waals surface area (Å²) in [6.45, 7) is 7.75. The van der Waals surface area contributed by atoms with Crippen LogP contribution in [0.25, 0.3) is 0 Å². The first kappa shape index (κ1) is 18.0. The zero-order chi connectivity index (χ0) is 14.7. The van der Waals surface area contributed by atoms with Gasteiger partial charge in [-0.05, 0) is 65.1 Å². The Morgan fingerprint density at radius 3 is 2.27 bits per heavy atom. The molecule has 3 heterocycles. The fraction of sp³-hybridized carbons (Fsp3) is 0.941. The highest BCUT2D eigenvalue weighted by Crippen LogP contribution is 2.24. The molecule has 1 amide bonds. The van der Waals surface area contributed by atoms with Crippen LogP contribution in [0.15, 0.2) is 0 Å². The van der Waals surface area contributed by atoms with Crippen LogP contribution in [0.5, 0.6) is 0 Å². The average molecular weight is 330 g/mol. The van der Waals surface area contributed by atoms with E-state index in [1.165, 1.54) is 45.2 Å². The van der Waals surface area contributed by atoms with Crippen LogP contribution in [0.1, 0.15) is 51.9 Å². The smallest absolute Gasteiger partial charge is 0.227 e. The number of likely N-dealkylation sites (tertiary alicyclic amines) is 2. The number of piperidine rings is 3. The van der Waals surface area contributed by atoms with Crippen LogP contribution in [-0.4, -0.2) is 60.5 Å². The first-order valence-electron chi connectivity index (χ1n) is 9.02. The lowest BCUT2D eigenvalue weighted by atomic mass is 9.89. The summed E-state index contributed by atoms with van der Waals surface area (Å²) in [5.74, 6) is 0.622. The molecule has 2 unspecified atom stereocenters. The monoisotopic (exact) mass is 329 g/mol. The molecule has 3 fully saturated rings. The Kier molecular flexibility index (Phi) is 6.97. The van der Waals surface area contributed by atoms with Gasteiger partial charge in [0.15, 0.2) is 0 Å². The molecule has 4 nitrogen and oxygen atoms in total. The SMILES string of the molecule is CC1NCCCC1C(=O)N1CCC(N2CCCCC2)CC1.Cl. The minimum Gasteiger partial charge on any atom is -0.342 e. The van der Waals surface area contributed by atoms with Crippen LogP contribution in [0, 0.1) is 5.92 Å². The highest BCUT2D eigenvalue weighted by Gasteiger charge is 2.34. The molecule has 3 aliphatic heterocycles. The van der Waals surface area contributed by atoms with E-state index in [-0.39, 0.29) is 18.3 Å². The lowest BCUT2D eigenvalue weighted by Crippen LogP contribution is -2.52. The van der Waals surface area contributed by atoms with Gasteiger partial charge in [0.2, 0.25) is 5.91 Å². The van der Waals surface area contributed by atoms with E-state index in [0.29, 0.717) is 11.9 Å². The van der Waals surface area contributed by atoms with Crippen LogP contribution in [0.2, 0.25) is 0 Å². The first-order valence-corrected chi connectivity index (χ1v) is 9.02. The largest absolute Gasteiger partial charge is 0.342 e. The van der Waals surface area contributed by atoms with Gasteiger partial charge in [0.25, 0.3) is 0 Å². The van der Waals surface area contributed by atoms with Crippen LogP contribution >= 0.6 is 12.4 Å². The van der Waals surface area contributed by atoms with E-state index in [1.54, 1.807) is 0 Å². The summed E-state index contributed by atoms with van der Waals surface area (Å²) in [6, 6.07) is 1.09. The molecule has 0 aliphatic carbocycles. The fourth-order valence-corrected chi connectivity index (χ4v) is 4.35. The zero-order valence-corrected chi connectivity index (χ0v) is 14.7. The second-order valence-electron chi connectivity index (χ2n) is 7.14. The van der Waals surface area contributed by atoms with Gasteiger partial charge in [0.1, 0.15) is 0 Å². The van der Waals surface area contributed by atoms with Crippen molar-refractivity contribution in [3.63, 3.8) is 0 Å². The number of rotatable bonds is 2. The van der Waals surface area contributed by atoms with E-state index in [0.717, 1.165) is 38.5 Å². The molecule has 3 saturated heterocycles. The van der Waals surface area contributed by atoms with Crippen molar-refractivity contribution in [3.8, 4) is 0 Å². The Morgan fingerprint density at radius 1 is 0.955 bits per heavy atom. The summed E-state index contributed by atoms with van der Waals surface area (Å²) in [6.07, 6.45) is 8.71. The molecule has 22 heavy (non-hydrogen) atoms. The third kappa shape index (κ3) is 4.15. The Hall–Kier alpha value is -0.320. The van der Waals surface area contributed by atoms with Gasteiger partial charge in [0, 0.05) is 25.2 Å². The Balaban J connectivity index is 0.00000176. The van der Waals surface area contributed by atoms with Gasteiger partial charge < -0.3 is 15.1 Å². The van der Waals surface area contributed by atoms with Crippen molar-refractivity contribution in [2.24, 2.45) is 5.92 Å². The quantitative estimate of drug-likeness (QED) is 0.844. The van der Waals surface area contributed by atoms with Crippen molar-refractivity contribution in [2.75, 3.05) is 32.7 Å². The highest BCUT2D eigenvalue weighted by molar-refractivity contribution is 5.85. The topological polar surface area (TPSA) is 35.6 Å². The van der Waals surface area contributed by atoms with Crippen LogP contribution in [0.4, 0.5) is 0 Å². The van der Waals surface area contributed by atoms with Gasteiger partial charge >= 0.3 is 0 Å². The van der Waals surface area contributed by atoms with Gasteiger partial charge in [-0.1, -0.05) is 6.42 Å². The number of nitrogens with one attached hydrogen (secondary N) is 1. The van der Waals surface area contributed by atoms with E-state index < -0.39 is 0 Å². The van der Waals surface area contributed by atoms with Gasteiger partial charge in [-0.3, -0.25) is 4.79 Å². The minimum absolute atomic E-state index is 0. The Bertz CT molecular complexity index is 352. The predicted octanol–water partition coefficient (Wildman–Crippen LogP) is 2.27. The van der Waals surface area contributed by atoms with Crippen molar-refractivity contribution in [3.05, 3.63) is 0 Å². The normalized spacial score (nSPS) is 31.6. The molecule has 0 aromatic rings. The van der Waals surface area contributed by atoms with E-state index >= 15 is 0 Å². The average Bonchev–Trinajstić information content (AvgIpc) is 2.56. The lowest BCUT2D eigenvalue weighted by Gasteiger charge is -2.42. The van der Waals surface area contributed by atoms with Crippen LogP contribution < -0.4 is 5.32 Å². The summed E-state index contributed by atoms with van der Waals surface area (Å²) < 4.78 is 0. The maximum Gasteiger partial charge on any atom is 0.227 e. The second kappa shape index (κ2) is 8.51. The molecule has 128 valence electrons. The molecule has 0 aromatic heterocycles. The minimum atomic E-state index is 0. The van der Waals surface area contributed by atoms with E-state index in [2.05, 4.69) is 22.0 Å². The number of hydrogen-bond acceptors (Lipinski definition) is 3. The number of carbonyl (C=O) groups is 1. The van der Waals surface area contributed by atoms with Crippen LogP contribution in [-0.2, 0) is 4.79 Å². The summed E-state index contributed by atoms with van der Waals surface area (Å²) >= 11 is 0. The summed E-state index contributed by atoms with van der Waals surface area (Å²) in [5, 5.41) is 3.46. The number of carbonyl (C=O) groups excluding carboxylic acids is 1. The molecule has 1 N–H and O–H groups in total. The fourth-order valence-electron chi connectivity index (χ4n) is 4.35. The van der Waals surface area contributed by atoms with Gasteiger partial charge in [-0.15, -0.1) is 12.4 Å². The molecule has 5 heteroatoms. The molecule has 0 aromatic carbocycles. The molecule has 3 aliphatic rings. The second-order valence-corrected chi connectivity index (χ2v) is 7.14. The molecule has 0 radical (unpaired) electrons. The van der Waals surface area contributed by atoms with Crippen molar-refractivity contribution in [1.82, 2.24) is 15.1 Å². The molecule has 0 bridgehead atoms. The van der Waals surface area contributed by atoms with E-state index in [1.807, 2.05) is 0 Å². The van der Waals surface area contributed by atoms with Crippen molar-refractivity contribution < 1.29 is 4.79 Å². The summed E-state index contributed by atoms with van der Waals surface area (Å²) in [4.78, 5) is 17.5. The molecular formula is C17H32ClN3O. The third-order valence-corrected chi connectivity index (χ3v) is 5.76. The Morgan fingerprint density at radius 2 is 1.64 bits per heavy atom. The van der Waals surface area contributed by atoms with Gasteiger partial charge in [0.05, 0.1) is 5.92 Å². The predicted molar refractivity (Wildman–Crippen MR) is 92.5 cm³/mol. The summed E-state index contributed by atoms with van der Waals surface area (Å²) in [5.41, 5.74) is 0. The van der Waals surface area contributed by atoms with Gasteiger partial charge in [-0.25, -0.2) is 0 Å². The number of hydrogen-bond donors (Lipinski definition) is 1. The Labute approximate surface area is 141 Å². The lowest BCUT2D eigenvalue weighted by molar-refractivity contribution is -0.138. The molecular weight excluding hydrogens is 298 g/mol. The standard InChI is InChI=1S/C17H31N3O.ClH/c1-14-16(6-5-9-18-14)17(21)20-12-7-15(8-13-20)19-10-3-2-4-11-19;/h14-16,18H,2-13H2,1H3;1H. The first-order chi connectivity index (χ1) is 10.3. The van der Waals surface area contributed by atoms with Gasteiger partial charge in [-0.2, -0.15) is 0 Å². The maximum absolute atomic E-state index is 12.7. The maximum atomic E-state index is 12.7.